The first-order valence-electron chi connectivity index (χ1n) is 7.06. The van der Waals surface area contributed by atoms with Gasteiger partial charge in [0.15, 0.2) is 0 Å². The lowest BCUT2D eigenvalue weighted by molar-refractivity contribution is 0.549. The molecule has 1 aromatic carbocycles. The minimum absolute atomic E-state index is 0.0913. The first kappa shape index (κ1) is 14.8. The molecule has 1 atom stereocenters. The van der Waals surface area contributed by atoms with E-state index in [9.17, 15) is 0 Å². The molecule has 1 aromatic heterocycles. The number of hydrogen-bond donors (Lipinski definition) is 2. The Morgan fingerprint density at radius 1 is 1.25 bits per heavy atom. The molecule has 4 nitrogen and oxygen atoms in total. The molecule has 1 unspecified atom stereocenters. The molecule has 0 bridgehead atoms. The zero-order chi connectivity index (χ0) is 14.7. The van der Waals surface area contributed by atoms with Crippen molar-refractivity contribution in [1.82, 2.24) is 15.2 Å². The minimum Gasteiger partial charge on any atom is -0.275 e. The topological polar surface area (TPSA) is 55.9 Å². The zero-order valence-electron chi connectivity index (χ0n) is 12.7. The van der Waals surface area contributed by atoms with E-state index in [0.29, 0.717) is 5.92 Å². The van der Waals surface area contributed by atoms with E-state index in [1.807, 2.05) is 24.9 Å². The molecule has 4 heteroatoms. The van der Waals surface area contributed by atoms with Crippen molar-refractivity contribution < 1.29 is 0 Å². The van der Waals surface area contributed by atoms with Crippen LogP contribution in [-0.4, -0.2) is 9.78 Å². The number of nitrogens with zero attached hydrogens (tertiary/aromatic N) is 2. The number of benzene rings is 1. The van der Waals surface area contributed by atoms with Crippen LogP contribution in [0.5, 0.6) is 0 Å². The molecule has 0 saturated heterocycles. The van der Waals surface area contributed by atoms with Crippen LogP contribution < -0.4 is 11.3 Å². The number of hydrogen-bond acceptors (Lipinski definition) is 3. The van der Waals surface area contributed by atoms with Crippen LogP contribution in [0.25, 0.3) is 0 Å². The van der Waals surface area contributed by atoms with Gasteiger partial charge in [-0.25, -0.2) is 0 Å². The van der Waals surface area contributed by atoms with Gasteiger partial charge in [-0.05, 0) is 30.4 Å². The third kappa shape index (κ3) is 3.26. The maximum Gasteiger partial charge on any atom is 0.0642 e. The molecule has 108 valence electrons. The standard InChI is InChI=1S/C16H24N4/c1-11(2)14-7-5-13(6-8-14)9-16(18-17)15-10-20(4)19-12(15)3/h5-8,10-11,16,18H,9,17H2,1-4H3. The molecule has 0 amide bonds. The molecule has 0 spiro atoms. The van der Waals surface area contributed by atoms with Crippen molar-refractivity contribution in [2.75, 3.05) is 0 Å². The van der Waals surface area contributed by atoms with Crippen molar-refractivity contribution in [2.45, 2.75) is 39.2 Å². The fourth-order valence-electron chi connectivity index (χ4n) is 2.49. The largest absolute Gasteiger partial charge is 0.275 e. The second-order valence-corrected chi connectivity index (χ2v) is 5.66. The number of aromatic nitrogens is 2. The molecular weight excluding hydrogens is 248 g/mol. The van der Waals surface area contributed by atoms with Gasteiger partial charge in [-0.1, -0.05) is 38.1 Å². The van der Waals surface area contributed by atoms with Crippen LogP contribution in [-0.2, 0) is 13.5 Å². The van der Waals surface area contributed by atoms with Gasteiger partial charge < -0.3 is 0 Å². The van der Waals surface area contributed by atoms with Gasteiger partial charge in [-0.15, -0.1) is 0 Å². The van der Waals surface area contributed by atoms with Gasteiger partial charge in [0.25, 0.3) is 0 Å². The normalized spacial score (nSPS) is 12.9. The molecule has 0 aliphatic rings. The first-order valence-corrected chi connectivity index (χ1v) is 7.06. The van der Waals surface area contributed by atoms with Crippen LogP contribution in [0, 0.1) is 6.92 Å². The highest BCUT2D eigenvalue weighted by atomic mass is 15.3. The summed E-state index contributed by atoms with van der Waals surface area (Å²) >= 11 is 0. The van der Waals surface area contributed by atoms with Gasteiger partial charge in [0.1, 0.15) is 0 Å². The van der Waals surface area contributed by atoms with Gasteiger partial charge in [-0.3, -0.25) is 16.0 Å². The van der Waals surface area contributed by atoms with Gasteiger partial charge in [0, 0.05) is 18.8 Å². The van der Waals surface area contributed by atoms with E-state index < -0.39 is 0 Å². The Labute approximate surface area is 121 Å². The number of aryl methyl sites for hydroxylation is 2. The average molecular weight is 272 g/mol. The van der Waals surface area contributed by atoms with E-state index >= 15 is 0 Å². The molecule has 1 heterocycles. The lowest BCUT2D eigenvalue weighted by Gasteiger charge is -2.16. The van der Waals surface area contributed by atoms with E-state index in [1.54, 1.807) is 0 Å². The third-order valence-electron chi connectivity index (χ3n) is 3.71. The molecule has 0 saturated carbocycles. The number of hydrazine groups is 1. The summed E-state index contributed by atoms with van der Waals surface area (Å²) in [4.78, 5) is 0. The second kappa shape index (κ2) is 6.20. The van der Waals surface area contributed by atoms with E-state index in [-0.39, 0.29) is 6.04 Å². The lowest BCUT2D eigenvalue weighted by Crippen LogP contribution is -2.29. The summed E-state index contributed by atoms with van der Waals surface area (Å²) in [6, 6.07) is 8.86. The van der Waals surface area contributed by atoms with E-state index in [1.165, 1.54) is 11.1 Å². The van der Waals surface area contributed by atoms with Crippen molar-refractivity contribution in [3.05, 3.63) is 52.8 Å². The van der Waals surface area contributed by atoms with Crippen LogP contribution in [0.1, 0.15) is 48.2 Å². The molecule has 20 heavy (non-hydrogen) atoms. The highest BCUT2D eigenvalue weighted by Crippen LogP contribution is 2.22. The van der Waals surface area contributed by atoms with Gasteiger partial charge >= 0.3 is 0 Å². The Morgan fingerprint density at radius 2 is 1.90 bits per heavy atom. The summed E-state index contributed by atoms with van der Waals surface area (Å²) in [7, 11) is 1.93. The highest BCUT2D eigenvalue weighted by molar-refractivity contribution is 5.28. The Bertz CT molecular complexity index is 554. The lowest BCUT2D eigenvalue weighted by atomic mass is 9.97. The Balaban J connectivity index is 2.16. The molecule has 3 N–H and O–H groups in total. The number of nitrogens with two attached hydrogens (primary N) is 1. The second-order valence-electron chi connectivity index (χ2n) is 5.66. The number of rotatable bonds is 5. The number of nitrogens with one attached hydrogen (secondary N) is 1. The summed E-state index contributed by atoms with van der Waals surface area (Å²) in [5.74, 6) is 6.28. The van der Waals surface area contributed by atoms with Crippen molar-refractivity contribution >= 4 is 0 Å². The molecule has 2 rings (SSSR count). The van der Waals surface area contributed by atoms with Gasteiger partial charge in [-0.2, -0.15) is 5.10 Å². The smallest absolute Gasteiger partial charge is 0.0642 e. The highest BCUT2D eigenvalue weighted by Gasteiger charge is 2.15. The first-order chi connectivity index (χ1) is 9.51. The van der Waals surface area contributed by atoms with Gasteiger partial charge in [0.05, 0.1) is 11.7 Å². The van der Waals surface area contributed by atoms with Crippen LogP contribution in [0.4, 0.5) is 0 Å². The summed E-state index contributed by atoms with van der Waals surface area (Å²) in [5.41, 5.74) is 7.73. The van der Waals surface area contributed by atoms with Crippen molar-refractivity contribution in [3.8, 4) is 0 Å². The van der Waals surface area contributed by atoms with Crippen LogP contribution in [0.2, 0.25) is 0 Å². The fraction of sp³-hybridized carbons (Fsp3) is 0.438. The molecule has 2 aromatic rings. The van der Waals surface area contributed by atoms with Crippen LogP contribution >= 0.6 is 0 Å². The van der Waals surface area contributed by atoms with Crippen molar-refractivity contribution in [1.29, 1.82) is 0 Å². The van der Waals surface area contributed by atoms with Crippen molar-refractivity contribution in [3.63, 3.8) is 0 Å². The Morgan fingerprint density at radius 3 is 2.35 bits per heavy atom. The molecule has 0 fully saturated rings. The minimum atomic E-state index is 0.0913. The SMILES string of the molecule is Cc1nn(C)cc1C(Cc1ccc(C(C)C)cc1)NN. The van der Waals surface area contributed by atoms with E-state index in [4.69, 9.17) is 5.84 Å². The quantitative estimate of drug-likeness (QED) is 0.650. The summed E-state index contributed by atoms with van der Waals surface area (Å²) < 4.78 is 1.83. The summed E-state index contributed by atoms with van der Waals surface area (Å²) in [5, 5.41) is 4.38. The average Bonchev–Trinajstić information content (AvgIpc) is 2.75. The molecular formula is C16H24N4. The van der Waals surface area contributed by atoms with Crippen LogP contribution in [0.3, 0.4) is 0 Å². The molecule has 0 radical (unpaired) electrons. The Hall–Kier alpha value is -1.65. The van der Waals surface area contributed by atoms with Crippen LogP contribution in [0.15, 0.2) is 30.5 Å². The van der Waals surface area contributed by atoms with Crippen molar-refractivity contribution in [2.24, 2.45) is 12.9 Å². The maximum absolute atomic E-state index is 5.72. The van der Waals surface area contributed by atoms with E-state index in [2.05, 4.69) is 48.6 Å². The predicted molar refractivity (Wildman–Crippen MR) is 82.2 cm³/mol. The Kier molecular flexibility index (Phi) is 4.57. The molecule has 0 aliphatic heterocycles. The maximum atomic E-state index is 5.72. The van der Waals surface area contributed by atoms with Gasteiger partial charge in [0.2, 0.25) is 0 Å². The predicted octanol–water partition coefficient (Wildman–Crippen LogP) is 2.60. The molecule has 0 aliphatic carbocycles. The van der Waals surface area contributed by atoms with E-state index in [0.717, 1.165) is 17.7 Å². The fourth-order valence-corrected chi connectivity index (χ4v) is 2.49. The monoisotopic (exact) mass is 272 g/mol. The third-order valence-corrected chi connectivity index (χ3v) is 3.71. The zero-order valence-corrected chi connectivity index (χ0v) is 12.7. The summed E-state index contributed by atoms with van der Waals surface area (Å²) in [6.07, 6.45) is 2.89. The summed E-state index contributed by atoms with van der Waals surface area (Å²) in [6.45, 7) is 6.43.